The van der Waals surface area contributed by atoms with Gasteiger partial charge in [-0.15, -0.1) is 0 Å². The first kappa shape index (κ1) is 14.0. The van der Waals surface area contributed by atoms with E-state index >= 15 is 0 Å². The molecule has 4 heteroatoms. The Morgan fingerprint density at radius 1 is 1.42 bits per heavy atom. The highest BCUT2D eigenvalue weighted by Crippen LogP contribution is 2.46. The fourth-order valence-corrected chi connectivity index (χ4v) is 3.02. The quantitative estimate of drug-likeness (QED) is 0.835. The van der Waals surface area contributed by atoms with Crippen molar-refractivity contribution >= 4 is 28.8 Å². The van der Waals surface area contributed by atoms with Crippen LogP contribution in [-0.2, 0) is 4.79 Å². The minimum absolute atomic E-state index is 0.0631. The predicted octanol–water partition coefficient (Wildman–Crippen LogP) is 2.94. The standard InChI is InChI=1S/C15H20N2OS/c1-9-7-15(8-9,13(16)19)14(18)17-12-6-4-5-10(2)11(12)3/h4-6,9H,7-8H2,1-3H3,(H2,16,19)(H,17,18). The number of thiocarbonyl (C=S) groups is 1. The molecule has 1 aromatic rings. The molecule has 0 aromatic heterocycles. The summed E-state index contributed by atoms with van der Waals surface area (Å²) in [6.07, 6.45) is 1.50. The lowest BCUT2D eigenvalue weighted by Gasteiger charge is -2.44. The van der Waals surface area contributed by atoms with Gasteiger partial charge in [0, 0.05) is 5.69 Å². The first-order valence-electron chi connectivity index (χ1n) is 6.54. The number of benzene rings is 1. The van der Waals surface area contributed by atoms with Gasteiger partial charge in [0.05, 0.1) is 10.4 Å². The maximum absolute atomic E-state index is 12.5. The highest BCUT2D eigenvalue weighted by molar-refractivity contribution is 7.80. The van der Waals surface area contributed by atoms with Gasteiger partial charge in [0.2, 0.25) is 5.91 Å². The Hall–Kier alpha value is -1.42. The molecular weight excluding hydrogens is 256 g/mol. The zero-order valence-corrected chi connectivity index (χ0v) is 12.4. The third-order valence-electron chi connectivity index (χ3n) is 4.15. The van der Waals surface area contributed by atoms with E-state index in [0.29, 0.717) is 10.9 Å². The zero-order valence-electron chi connectivity index (χ0n) is 11.6. The average molecular weight is 276 g/mol. The summed E-state index contributed by atoms with van der Waals surface area (Å²) in [6.45, 7) is 6.14. The summed E-state index contributed by atoms with van der Waals surface area (Å²) < 4.78 is 0. The Kier molecular flexibility index (Phi) is 3.63. The Morgan fingerprint density at radius 3 is 2.58 bits per heavy atom. The van der Waals surface area contributed by atoms with Gasteiger partial charge < -0.3 is 11.1 Å². The van der Waals surface area contributed by atoms with Crippen LogP contribution in [0.5, 0.6) is 0 Å². The van der Waals surface area contributed by atoms with E-state index in [4.69, 9.17) is 18.0 Å². The molecule has 0 bridgehead atoms. The van der Waals surface area contributed by atoms with E-state index in [-0.39, 0.29) is 5.91 Å². The number of nitrogens with two attached hydrogens (primary N) is 1. The minimum atomic E-state index is -0.648. The second-order valence-electron chi connectivity index (χ2n) is 5.66. The molecule has 0 aliphatic heterocycles. The first-order valence-corrected chi connectivity index (χ1v) is 6.95. The van der Waals surface area contributed by atoms with Crippen molar-refractivity contribution in [2.75, 3.05) is 5.32 Å². The van der Waals surface area contributed by atoms with Gasteiger partial charge in [-0.1, -0.05) is 31.3 Å². The van der Waals surface area contributed by atoms with Crippen molar-refractivity contribution in [1.29, 1.82) is 0 Å². The molecular formula is C15H20N2OS. The summed E-state index contributed by atoms with van der Waals surface area (Å²) in [5.41, 5.74) is 8.23. The Labute approximate surface area is 119 Å². The molecule has 1 fully saturated rings. The fraction of sp³-hybridized carbons (Fsp3) is 0.467. The summed E-state index contributed by atoms with van der Waals surface area (Å²) in [4.78, 5) is 12.8. The molecule has 3 N–H and O–H groups in total. The molecule has 1 aliphatic carbocycles. The molecule has 0 spiro atoms. The second-order valence-corrected chi connectivity index (χ2v) is 6.10. The van der Waals surface area contributed by atoms with E-state index in [1.807, 2.05) is 32.0 Å². The maximum atomic E-state index is 12.5. The number of nitrogens with one attached hydrogen (secondary N) is 1. The minimum Gasteiger partial charge on any atom is -0.392 e. The zero-order chi connectivity index (χ0) is 14.2. The van der Waals surface area contributed by atoms with Crippen molar-refractivity contribution in [3.8, 4) is 0 Å². The molecule has 0 radical (unpaired) electrons. The molecule has 102 valence electrons. The maximum Gasteiger partial charge on any atom is 0.237 e. The van der Waals surface area contributed by atoms with Crippen molar-refractivity contribution in [2.24, 2.45) is 17.1 Å². The predicted molar refractivity (Wildman–Crippen MR) is 82.2 cm³/mol. The van der Waals surface area contributed by atoms with Gasteiger partial charge in [0.25, 0.3) is 0 Å². The van der Waals surface area contributed by atoms with Crippen LogP contribution in [0.25, 0.3) is 0 Å². The summed E-state index contributed by atoms with van der Waals surface area (Å²) in [5, 5.41) is 2.99. The lowest BCUT2D eigenvalue weighted by Crippen LogP contribution is -2.53. The third kappa shape index (κ3) is 2.37. The topological polar surface area (TPSA) is 55.1 Å². The molecule has 1 aromatic carbocycles. The number of carbonyl (C=O) groups is 1. The normalized spacial score (nSPS) is 25.5. The lowest BCUT2D eigenvalue weighted by molar-refractivity contribution is -0.127. The van der Waals surface area contributed by atoms with Crippen LogP contribution in [-0.4, -0.2) is 10.9 Å². The molecule has 0 unspecified atom stereocenters. The molecule has 0 atom stereocenters. The third-order valence-corrected chi connectivity index (χ3v) is 4.54. The molecule has 1 saturated carbocycles. The van der Waals surface area contributed by atoms with E-state index in [1.165, 1.54) is 0 Å². The number of hydrogen-bond donors (Lipinski definition) is 2. The number of aryl methyl sites for hydroxylation is 1. The first-order chi connectivity index (χ1) is 8.86. The summed E-state index contributed by atoms with van der Waals surface area (Å²) >= 11 is 5.10. The second kappa shape index (κ2) is 4.93. The van der Waals surface area contributed by atoms with Crippen molar-refractivity contribution < 1.29 is 4.79 Å². The van der Waals surface area contributed by atoms with Crippen LogP contribution in [0.2, 0.25) is 0 Å². The van der Waals surface area contributed by atoms with E-state index in [0.717, 1.165) is 29.7 Å². The van der Waals surface area contributed by atoms with E-state index in [1.54, 1.807) is 0 Å². The fourth-order valence-electron chi connectivity index (χ4n) is 2.76. The number of anilines is 1. The Morgan fingerprint density at radius 2 is 2.05 bits per heavy atom. The van der Waals surface area contributed by atoms with E-state index in [9.17, 15) is 4.79 Å². The smallest absolute Gasteiger partial charge is 0.237 e. The highest BCUT2D eigenvalue weighted by Gasteiger charge is 2.50. The molecule has 19 heavy (non-hydrogen) atoms. The van der Waals surface area contributed by atoms with Crippen molar-refractivity contribution in [3.05, 3.63) is 29.3 Å². The van der Waals surface area contributed by atoms with Crippen LogP contribution >= 0.6 is 12.2 Å². The van der Waals surface area contributed by atoms with Crippen LogP contribution in [0.3, 0.4) is 0 Å². The van der Waals surface area contributed by atoms with Gasteiger partial charge in [-0.05, 0) is 49.8 Å². The summed E-state index contributed by atoms with van der Waals surface area (Å²) in [7, 11) is 0. The largest absolute Gasteiger partial charge is 0.392 e. The molecule has 2 rings (SSSR count). The molecule has 0 saturated heterocycles. The summed E-state index contributed by atoms with van der Waals surface area (Å²) in [5.74, 6) is 0.442. The van der Waals surface area contributed by atoms with Crippen LogP contribution in [0.1, 0.15) is 30.9 Å². The van der Waals surface area contributed by atoms with Gasteiger partial charge in [-0.25, -0.2) is 0 Å². The number of carbonyl (C=O) groups excluding carboxylic acids is 1. The molecule has 0 heterocycles. The van der Waals surface area contributed by atoms with Gasteiger partial charge in [0.15, 0.2) is 0 Å². The average Bonchev–Trinajstić information content (AvgIpc) is 2.30. The van der Waals surface area contributed by atoms with Crippen LogP contribution in [0.4, 0.5) is 5.69 Å². The molecule has 1 amide bonds. The van der Waals surface area contributed by atoms with Crippen molar-refractivity contribution in [3.63, 3.8) is 0 Å². The Balaban J connectivity index is 2.21. The number of amides is 1. The van der Waals surface area contributed by atoms with Crippen molar-refractivity contribution in [1.82, 2.24) is 0 Å². The van der Waals surface area contributed by atoms with Gasteiger partial charge >= 0.3 is 0 Å². The van der Waals surface area contributed by atoms with Gasteiger partial charge in [-0.3, -0.25) is 4.79 Å². The van der Waals surface area contributed by atoms with E-state index in [2.05, 4.69) is 12.2 Å². The molecule has 1 aliphatic rings. The number of rotatable bonds is 3. The number of hydrogen-bond acceptors (Lipinski definition) is 2. The SMILES string of the molecule is Cc1cccc(NC(=O)C2(C(N)=S)CC(C)C2)c1C. The molecule has 3 nitrogen and oxygen atoms in total. The van der Waals surface area contributed by atoms with E-state index < -0.39 is 5.41 Å². The summed E-state index contributed by atoms with van der Waals surface area (Å²) in [6, 6.07) is 5.88. The van der Waals surface area contributed by atoms with Gasteiger partial charge in [0.1, 0.15) is 0 Å². The van der Waals surface area contributed by atoms with Crippen LogP contribution < -0.4 is 11.1 Å². The van der Waals surface area contributed by atoms with Gasteiger partial charge in [-0.2, -0.15) is 0 Å². The van der Waals surface area contributed by atoms with Crippen LogP contribution in [0.15, 0.2) is 18.2 Å². The highest BCUT2D eigenvalue weighted by atomic mass is 32.1. The Bertz CT molecular complexity index is 533. The van der Waals surface area contributed by atoms with Crippen molar-refractivity contribution in [2.45, 2.75) is 33.6 Å². The monoisotopic (exact) mass is 276 g/mol. The van der Waals surface area contributed by atoms with Crippen LogP contribution in [0, 0.1) is 25.2 Å². The lowest BCUT2D eigenvalue weighted by atomic mass is 9.62.